The van der Waals surface area contributed by atoms with Crippen LogP contribution >= 0.6 is 0 Å². The summed E-state index contributed by atoms with van der Waals surface area (Å²) in [5, 5.41) is 16.9. The van der Waals surface area contributed by atoms with E-state index in [1.165, 1.54) is 55.2 Å². The number of aliphatic hydroxyl groups excluding tert-OH is 1. The van der Waals surface area contributed by atoms with Crippen molar-refractivity contribution in [3.63, 3.8) is 0 Å². The fraction of sp³-hybridized carbons (Fsp3) is 0.581. The van der Waals surface area contributed by atoms with Crippen molar-refractivity contribution in [2.75, 3.05) is 13.7 Å². The van der Waals surface area contributed by atoms with Crippen LogP contribution in [0.15, 0.2) is 42.5 Å². The minimum Gasteiger partial charge on any atom is -0.389 e. The number of aliphatic hydroxyl groups is 1. The van der Waals surface area contributed by atoms with Crippen LogP contribution in [0.4, 0.5) is 0 Å². The van der Waals surface area contributed by atoms with E-state index in [4.69, 9.17) is 9.57 Å². The van der Waals surface area contributed by atoms with Crippen molar-refractivity contribution in [3.05, 3.63) is 70.3 Å². The summed E-state index contributed by atoms with van der Waals surface area (Å²) >= 11 is 0. The molecule has 4 atom stereocenters. The Morgan fingerprint density at radius 1 is 1.11 bits per heavy atom. The second-order valence-electron chi connectivity index (χ2n) is 11.3. The van der Waals surface area contributed by atoms with Gasteiger partial charge < -0.3 is 15.2 Å². The molecule has 0 aromatic heterocycles. The SMILES string of the molecule is COCC1NC(c2ccc3c(c2)CC[C@H]3NC(=O)c2cccc([C@@H](C)O)c2)(C2CCCCCCCC2)NO1. The summed E-state index contributed by atoms with van der Waals surface area (Å²) in [6.07, 6.45) is 11.0. The van der Waals surface area contributed by atoms with Gasteiger partial charge in [-0.15, -0.1) is 0 Å². The van der Waals surface area contributed by atoms with Crippen LogP contribution < -0.4 is 16.1 Å². The first kappa shape index (κ1) is 27.3. The molecule has 1 saturated carbocycles. The molecule has 1 aliphatic heterocycles. The number of amides is 1. The summed E-state index contributed by atoms with van der Waals surface area (Å²) in [6.45, 7) is 2.19. The van der Waals surface area contributed by atoms with Crippen LogP contribution in [-0.4, -0.2) is 31.0 Å². The van der Waals surface area contributed by atoms with Crippen LogP contribution in [0.5, 0.6) is 0 Å². The van der Waals surface area contributed by atoms with Crippen molar-refractivity contribution in [2.45, 2.75) is 95.2 Å². The molecule has 2 aromatic carbocycles. The molecule has 2 fully saturated rings. The molecule has 2 aliphatic carbocycles. The van der Waals surface area contributed by atoms with Crippen molar-refractivity contribution in [3.8, 4) is 0 Å². The lowest BCUT2D eigenvalue weighted by atomic mass is 9.79. The van der Waals surface area contributed by atoms with Gasteiger partial charge in [0, 0.05) is 12.7 Å². The smallest absolute Gasteiger partial charge is 0.251 e. The molecule has 4 N–H and O–H groups in total. The third-order valence-corrected chi connectivity index (χ3v) is 8.65. The number of hydrogen-bond donors (Lipinski definition) is 4. The van der Waals surface area contributed by atoms with Gasteiger partial charge in [0.15, 0.2) is 6.23 Å². The predicted octanol–water partition coefficient (Wildman–Crippen LogP) is 5.16. The van der Waals surface area contributed by atoms with E-state index in [0.29, 0.717) is 18.1 Å². The zero-order chi connectivity index (χ0) is 26.5. The Labute approximate surface area is 226 Å². The molecule has 7 heteroatoms. The average Bonchev–Trinajstić information content (AvgIpc) is 3.56. The first-order valence-electron chi connectivity index (χ1n) is 14.4. The first-order chi connectivity index (χ1) is 18.5. The van der Waals surface area contributed by atoms with E-state index in [1.54, 1.807) is 26.2 Å². The van der Waals surface area contributed by atoms with Crippen LogP contribution in [0.25, 0.3) is 0 Å². The number of carbonyl (C=O) groups is 1. The quantitative estimate of drug-likeness (QED) is 0.403. The third kappa shape index (κ3) is 5.82. The van der Waals surface area contributed by atoms with Crippen LogP contribution in [0.2, 0.25) is 0 Å². The highest BCUT2D eigenvalue weighted by molar-refractivity contribution is 5.94. The van der Waals surface area contributed by atoms with Crippen LogP contribution in [0.3, 0.4) is 0 Å². The van der Waals surface area contributed by atoms with Crippen molar-refractivity contribution in [2.24, 2.45) is 5.92 Å². The Balaban J connectivity index is 1.38. The zero-order valence-electron chi connectivity index (χ0n) is 22.8. The number of methoxy groups -OCH3 is 1. The monoisotopic (exact) mass is 521 g/mol. The molecule has 5 rings (SSSR count). The molecular weight excluding hydrogens is 478 g/mol. The molecule has 0 spiro atoms. The summed E-state index contributed by atoms with van der Waals surface area (Å²) in [7, 11) is 1.70. The lowest BCUT2D eigenvalue weighted by molar-refractivity contribution is -0.0328. The summed E-state index contributed by atoms with van der Waals surface area (Å²) < 4.78 is 5.41. The van der Waals surface area contributed by atoms with Gasteiger partial charge in [-0.1, -0.05) is 68.9 Å². The van der Waals surface area contributed by atoms with E-state index in [-0.39, 0.29) is 18.2 Å². The van der Waals surface area contributed by atoms with Gasteiger partial charge in [0.1, 0.15) is 5.66 Å². The van der Waals surface area contributed by atoms with Crippen molar-refractivity contribution in [1.82, 2.24) is 16.1 Å². The molecule has 2 aromatic rings. The van der Waals surface area contributed by atoms with E-state index in [1.807, 2.05) is 12.1 Å². The van der Waals surface area contributed by atoms with Gasteiger partial charge >= 0.3 is 0 Å². The molecule has 7 nitrogen and oxygen atoms in total. The maximum Gasteiger partial charge on any atom is 0.251 e. The molecule has 1 saturated heterocycles. The maximum atomic E-state index is 13.1. The summed E-state index contributed by atoms with van der Waals surface area (Å²) in [5.41, 5.74) is 7.99. The lowest BCUT2D eigenvalue weighted by Crippen LogP contribution is -2.53. The molecule has 206 valence electrons. The maximum absolute atomic E-state index is 13.1. The second kappa shape index (κ2) is 12.3. The Morgan fingerprint density at radius 2 is 1.87 bits per heavy atom. The topological polar surface area (TPSA) is 91.9 Å². The molecule has 0 radical (unpaired) electrons. The van der Waals surface area contributed by atoms with Crippen molar-refractivity contribution in [1.29, 1.82) is 0 Å². The number of aryl methyl sites for hydroxylation is 1. The highest BCUT2D eigenvalue weighted by Gasteiger charge is 2.47. The molecule has 2 unspecified atom stereocenters. The molecule has 0 bridgehead atoms. The highest BCUT2D eigenvalue weighted by atomic mass is 16.7. The molecule has 3 aliphatic rings. The molecular formula is C31H43N3O4. The Morgan fingerprint density at radius 3 is 2.61 bits per heavy atom. The Hall–Kier alpha value is -2.29. The van der Waals surface area contributed by atoms with Crippen LogP contribution in [0.1, 0.15) is 109 Å². The Bertz CT molecular complexity index is 1100. The number of carbonyl (C=O) groups excluding carboxylic acids is 1. The standard InChI is InChI=1S/C31H43N3O4/c1-21(35)22-10-9-11-24(18-22)30(36)32-28-17-14-23-19-26(15-16-27(23)28)31(33-29(20-37-2)38-34-31)25-12-7-5-3-4-6-8-13-25/h9-11,15-16,18-19,21,25,28-29,33-35H,3-8,12-14,17,20H2,1-2H3,(H,32,36)/t21-,28-,29?,31?/m1/s1. The molecule has 1 amide bonds. The number of fused-ring (bicyclic) bond motifs is 1. The highest BCUT2D eigenvalue weighted by Crippen LogP contribution is 2.41. The molecule has 38 heavy (non-hydrogen) atoms. The van der Waals surface area contributed by atoms with Gasteiger partial charge in [0.25, 0.3) is 5.91 Å². The van der Waals surface area contributed by atoms with E-state index < -0.39 is 11.8 Å². The van der Waals surface area contributed by atoms with E-state index in [2.05, 4.69) is 34.3 Å². The third-order valence-electron chi connectivity index (χ3n) is 8.65. The average molecular weight is 522 g/mol. The number of rotatable bonds is 7. The van der Waals surface area contributed by atoms with Gasteiger partial charge in [-0.3, -0.25) is 14.9 Å². The number of hydroxylamine groups is 1. The minimum atomic E-state index is -0.604. The zero-order valence-corrected chi connectivity index (χ0v) is 22.8. The lowest BCUT2D eigenvalue weighted by Gasteiger charge is -2.38. The number of benzene rings is 2. The van der Waals surface area contributed by atoms with Crippen molar-refractivity contribution >= 4 is 5.91 Å². The largest absolute Gasteiger partial charge is 0.389 e. The number of hydrogen-bond acceptors (Lipinski definition) is 6. The van der Waals surface area contributed by atoms with Gasteiger partial charge in [0.05, 0.1) is 18.8 Å². The Kier molecular flexibility index (Phi) is 8.81. The van der Waals surface area contributed by atoms with Gasteiger partial charge in [-0.05, 0) is 72.9 Å². The summed E-state index contributed by atoms with van der Waals surface area (Å²) in [4.78, 5) is 19.1. The van der Waals surface area contributed by atoms with E-state index in [9.17, 15) is 9.90 Å². The van der Waals surface area contributed by atoms with Gasteiger partial charge in [-0.25, -0.2) is 0 Å². The van der Waals surface area contributed by atoms with Gasteiger partial charge in [0.2, 0.25) is 0 Å². The second-order valence-corrected chi connectivity index (χ2v) is 11.3. The number of nitrogens with one attached hydrogen (secondary N) is 3. The van der Waals surface area contributed by atoms with Crippen LogP contribution in [0, 0.1) is 5.92 Å². The molecule has 1 heterocycles. The van der Waals surface area contributed by atoms with E-state index >= 15 is 0 Å². The summed E-state index contributed by atoms with van der Waals surface area (Å²) in [6, 6.07) is 13.9. The predicted molar refractivity (Wildman–Crippen MR) is 147 cm³/mol. The number of ether oxygens (including phenoxy) is 1. The van der Waals surface area contributed by atoms with Crippen molar-refractivity contribution < 1.29 is 19.5 Å². The van der Waals surface area contributed by atoms with Crippen LogP contribution in [-0.2, 0) is 21.7 Å². The van der Waals surface area contributed by atoms with E-state index in [0.717, 1.165) is 31.2 Å². The summed E-state index contributed by atoms with van der Waals surface area (Å²) in [5.74, 6) is 0.310. The van der Waals surface area contributed by atoms with Gasteiger partial charge in [-0.2, -0.15) is 5.48 Å². The normalized spacial score (nSPS) is 27.2. The fourth-order valence-corrected chi connectivity index (χ4v) is 6.54. The first-order valence-corrected chi connectivity index (χ1v) is 14.4. The fourth-order valence-electron chi connectivity index (χ4n) is 6.54. The minimum absolute atomic E-state index is 0.0235.